The first kappa shape index (κ1) is 12.6. The molecule has 94 valence electrons. The van der Waals surface area contributed by atoms with E-state index in [9.17, 15) is 9.00 Å². The predicted molar refractivity (Wildman–Crippen MR) is 71.7 cm³/mol. The van der Waals surface area contributed by atoms with E-state index < -0.39 is 16.7 Å². The van der Waals surface area contributed by atoms with Crippen molar-refractivity contribution in [2.45, 2.75) is 5.75 Å². The minimum Gasteiger partial charge on any atom is -0.369 e. The van der Waals surface area contributed by atoms with E-state index in [1.54, 1.807) is 0 Å². The van der Waals surface area contributed by atoms with Gasteiger partial charge in [0.2, 0.25) is 5.91 Å². The largest absolute Gasteiger partial charge is 0.369 e. The first-order valence-electron chi connectivity index (χ1n) is 5.51. The minimum absolute atomic E-state index is 0.0840. The fourth-order valence-electron chi connectivity index (χ4n) is 1.67. The van der Waals surface area contributed by atoms with Crippen molar-refractivity contribution in [2.75, 3.05) is 5.75 Å². The number of aromatic nitrogens is 1. The van der Waals surface area contributed by atoms with Gasteiger partial charge in [-0.05, 0) is 29.8 Å². The van der Waals surface area contributed by atoms with E-state index in [1.165, 1.54) is 0 Å². The number of nitrogens with zero attached hydrogens (tertiary/aromatic N) is 1. The Morgan fingerprint density at radius 1 is 1.17 bits per heavy atom. The molecule has 0 spiro atoms. The van der Waals surface area contributed by atoms with Crippen LogP contribution in [-0.2, 0) is 21.3 Å². The van der Waals surface area contributed by atoms with Gasteiger partial charge in [-0.1, -0.05) is 12.1 Å². The molecule has 4 nitrogen and oxygen atoms in total. The van der Waals surface area contributed by atoms with Crippen molar-refractivity contribution in [3.63, 3.8) is 0 Å². The Labute approximate surface area is 108 Å². The van der Waals surface area contributed by atoms with E-state index in [4.69, 9.17) is 5.73 Å². The number of primary amides is 1. The number of carbonyl (C=O) groups excluding carboxylic acids is 1. The Hall–Kier alpha value is -1.88. The highest BCUT2D eigenvalue weighted by Crippen LogP contribution is 2.11. The summed E-state index contributed by atoms with van der Waals surface area (Å²) < 4.78 is 13.5. The lowest BCUT2D eigenvalue weighted by Crippen LogP contribution is -2.20. The summed E-state index contributed by atoms with van der Waals surface area (Å²) in [6.07, 6.45) is 3.92. The second-order valence-corrected chi connectivity index (χ2v) is 5.41. The fourth-order valence-corrected chi connectivity index (χ4v) is 2.65. The van der Waals surface area contributed by atoms with Gasteiger partial charge in [0.25, 0.3) is 0 Å². The molecule has 1 heterocycles. The van der Waals surface area contributed by atoms with E-state index in [0.29, 0.717) is 5.75 Å². The number of rotatable bonds is 5. The van der Waals surface area contributed by atoms with Crippen molar-refractivity contribution in [1.82, 2.24) is 4.57 Å². The second kappa shape index (κ2) is 5.64. The van der Waals surface area contributed by atoms with Crippen molar-refractivity contribution < 1.29 is 9.00 Å². The zero-order valence-electron chi connectivity index (χ0n) is 9.78. The molecule has 18 heavy (non-hydrogen) atoms. The lowest BCUT2D eigenvalue weighted by Gasteiger charge is -2.05. The molecule has 0 radical (unpaired) electrons. The molecule has 5 heteroatoms. The third kappa shape index (κ3) is 3.30. The van der Waals surface area contributed by atoms with E-state index >= 15 is 0 Å². The first-order chi connectivity index (χ1) is 8.65. The standard InChI is InChI=1S/C13H14N2O2S/c14-13(16)10-18(17)9-11-3-5-12(6-4-11)15-7-1-2-8-15/h1-8H,9-10H2,(H2,14,16)/t18-/m1/s1. The van der Waals surface area contributed by atoms with Crippen LogP contribution in [0, 0.1) is 0 Å². The first-order valence-corrected chi connectivity index (χ1v) is 6.99. The van der Waals surface area contributed by atoms with Gasteiger partial charge in [-0.3, -0.25) is 9.00 Å². The molecular weight excluding hydrogens is 248 g/mol. The molecule has 0 aliphatic carbocycles. The van der Waals surface area contributed by atoms with Crippen molar-refractivity contribution in [1.29, 1.82) is 0 Å². The summed E-state index contributed by atoms with van der Waals surface area (Å²) in [5.41, 5.74) is 6.98. The lowest BCUT2D eigenvalue weighted by atomic mass is 10.2. The molecule has 0 aliphatic heterocycles. The maximum Gasteiger partial charge on any atom is 0.230 e. The zero-order valence-corrected chi connectivity index (χ0v) is 10.6. The van der Waals surface area contributed by atoms with Crippen LogP contribution in [0.4, 0.5) is 0 Å². The summed E-state index contributed by atoms with van der Waals surface area (Å²) in [4.78, 5) is 10.6. The Bertz CT molecular complexity index is 547. The molecule has 1 atom stereocenters. The lowest BCUT2D eigenvalue weighted by molar-refractivity contribution is -0.115. The van der Waals surface area contributed by atoms with Gasteiger partial charge in [-0.15, -0.1) is 0 Å². The molecular formula is C13H14N2O2S. The van der Waals surface area contributed by atoms with Crippen LogP contribution in [0.1, 0.15) is 5.56 Å². The number of benzene rings is 1. The molecule has 2 N–H and O–H groups in total. The highest BCUT2D eigenvalue weighted by Gasteiger charge is 2.05. The summed E-state index contributed by atoms with van der Waals surface area (Å²) >= 11 is 0. The average Bonchev–Trinajstić information content (AvgIpc) is 2.82. The topological polar surface area (TPSA) is 65.1 Å². The van der Waals surface area contributed by atoms with Gasteiger partial charge in [-0.2, -0.15) is 0 Å². The molecule has 0 unspecified atom stereocenters. The van der Waals surface area contributed by atoms with E-state index in [1.807, 2.05) is 53.4 Å². The highest BCUT2D eigenvalue weighted by molar-refractivity contribution is 7.84. The number of hydrogen-bond acceptors (Lipinski definition) is 2. The van der Waals surface area contributed by atoms with Crippen molar-refractivity contribution >= 4 is 16.7 Å². The Kier molecular flexibility index (Phi) is 3.94. The van der Waals surface area contributed by atoms with Gasteiger partial charge in [0.1, 0.15) is 5.75 Å². The van der Waals surface area contributed by atoms with Crippen LogP contribution in [0.15, 0.2) is 48.8 Å². The summed E-state index contributed by atoms with van der Waals surface area (Å²) in [6.45, 7) is 0. The Morgan fingerprint density at radius 3 is 2.33 bits per heavy atom. The molecule has 0 aliphatic rings. The molecule has 2 aromatic rings. The van der Waals surface area contributed by atoms with Crippen molar-refractivity contribution in [3.05, 3.63) is 54.4 Å². The molecule has 2 rings (SSSR count). The average molecular weight is 262 g/mol. The summed E-state index contributed by atoms with van der Waals surface area (Å²) in [5.74, 6) is -0.258. The van der Waals surface area contributed by atoms with Gasteiger partial charge in [0.05, 0.1) is 0 Å². The third-order valence-electron chi connectivity index (χ3n) is 2.47. The van der Waals surface area contributed by atoms with E-state index in [2.05, 4.69) is 0 Å². The molecule has 0 fully saturated rings. The van der Waals surface area contributed by atoms with Crippen LogP contribution in [0.3, 0.4) is 0 Å². The van der Waals surface area contributed by atoms with Gasteiger partial charge in [0.15, 0.2) is 0 Å². The summed E-state index contributed by atoms with van der Waals surface area (Å²) in [7, 11) is -1.23. The monoisotopic (exact) mass is 262 g/mol. The maximum atomic E-state index is 11.5. The zero-order chi connectivity index (χ0) is 13.0. The number of amides is 1. The Morgan fingerprint density at radius 2 is 1.78 bits per heavy atom. The number of nitrogens with two attached hydrogens (primary N) is 1. The van der Waals surface area contributed by atoms with Crippen molar-refractivity contribution in [2.24, 2.45) is 5.73 Å². The van der Waals surface area contributed by atoms with E-state index in [-0.39, 0.29) is 5.75 Å². The normalized spacial score (nSPS) is 12.2. The molecule has 1 amide bonds. The van der Waals surface area contributed by atoms with Gasteiger partial charge in [0, 0.05) is 34.6 Å². The van der Waals surface area contributed by atoms with Crippen LogP contribution in [0.5, 0.6) is 0 Å². The number of carbonyl (C=O) groups is 1. The highest BCUT2D eigenvalue weighted by atomic mass is 32.2. The molecule has 0 saturated carbocycles. The summed E-state index contributed by atoms with van der Waals surface area (Å²) in [5, 5.41) is 0. The van der Waals surface area contributed by atoms with Crippen molar-refractivity contribution in [3.8, 4) is 5.69 Å². The third-order valence-corrected chi connectivity index (χ3v) is 3.73. The number of hydrogen-bond donors (Lipinski definition) is 1. The van der Waals surface area contributed by atoms with Crippen LogP contribution in [0.2, 0.25) is 0 Å². The van der Waals surface area contributed by atoms with Gasteiger partial charge >= 0.3 is 0 Å². The van der Waals surface area contributed by atoms with Gasteiger partial charge < -0.3 is 10.3 Å². The summed E-state index contributed by atoms with van der Waals surface area (Å²) in [6, 6.07) is 11.6. The van der Waals surface area contributed by atoms with Gasteiger partial charge in [-0.25, -0.2) is 0 Å². The predicted octanol–water partition coefficient (Wildman–Crippen LogP) is 1.21. The quantitative estimate of drug-likeness (QED) is 0.880. The molecule has 0 bridgehead atoms. The molecule has 1 aromatic carbocycles. The SMILES string of the molecule is NC(=O)C[S@](=O)Cc1ccc(-n2cccc2)cc1. The molecule has 0 saturated heterocycles. The Balaban J connectivity index is 2.04. The minimum atomic E-state index is -1.23. The van der Waals surface area contributed by atoms with E-state index in [0.717, 1.165) is 11.3 Å². The second-order valence-electron chi connectivity index (χ2n) is 3.95. The fraction of sp³-hybridized carbons (Fsp3) is 0.154. The van der Waals surface area contributed by atoms with Crippen LogP contribution in [-0.4, -0.2) is 20.4 Å². The van der Waals surface area contributed by atoms with Crippen LogP contribution < -0.4 is 5.73 Å². The maximum absolute atomic E-state index is 11.5. The molecule has 1 aromatic heterocycles. The van der Waals surface area contributed by atoms with Crippen LogP contribution >= 0.6 is 0 Å². The van der Waals surface area contributed by atoms with Crippen LogP contribution in [0.25, 0.3) is 5.69 Å². The smallest absolute Gasteiger partial charge is 0.230 e.